The Balaban J connectivity index is 1.04. The van der Waals surface area contributed by atoms with Gasteiger partial charge in [0, 0.05) is 27.8 Å². The van der Waals surface area contributed by atoms with Crippen molar-refractivity contribution in [2.75, 3.05) is 4.90 Å². The van der Waals surface area contributed by atoms with E-state index in [-0.39, 0.29) is 10.8 Å². The molecule has 2 unspecified atom stereocenters. The van der Waals surface area contributed by atoms with Crippen LogP contribution in [0.1, 0.15) is 66.5 Å². The van der Waals surface area contributed by atoms with Crippen molar-refractivity contribution >= 4 is 39.0 Å². The Bertz CT molecular complexity index is 3210. The fraction of sp³-hybridized carbons (Fsp3) is 0.129. The largest absolute Gasteiger partial charge is 0.310 e. The van der Waals surface area contributed by atoms with Crippen LogP contribution in [0.25, 0.3) is 44.2 Å². The summed E-state index contributed by atoms with van der Waals surface area (Å²) in [6, 6.07) is 70.6. The maximum Gasteiger partial charge on any atom is 0.0546 e. The van der Waals surface area contributed by atoms with Crippen molar-refractivity contribution in [2.24, 2.45) is 5.92 Å². The Hall–Kier alpha value is -7.22. The number of nitrogens with zero attached hydrogens (tertiary/aromatic N) is 1. The first-order valence-electron chi connectivity index (χ1n) is 22.7. The highest BCUT2D eigenvalue weighted by Crippen LogP contribution is 2.61. The minimum atomic E-state index is -0.227. The molecule has 302 valence electrons. The highest BCUT2D eigenvalue weighted by molar-refractivity contribution is 6.11. The third-order valence-electron chi connectivity index (χ3n) is 14.6. The monoisotopic (exact) mass is 807 g/mol. The van der Waals surface area contributed by atoms with E-state index in [2.05, 4.69) is 237 Å². The highest BCUT2D eigenvalue weighted by Gasteiger charge is 2.51. The van der Waals surface area contributed by atoms with Gasteiger partial charge in [0.05, 0.1) is 5.69 Å². The van der Waals surface area contributed by atoms with Crippen LogP contribution < -0.4 is 4.90 Å². The molecule has 8 aromatic rings. The quantitative estimate of drug-likeness (QED) is 0.155. The topological polar surface area (TPSA) is 3.24 Å². The van der Waals surface area contributed by atoms with Gasteiger partial charge in [0.15, 0.2) is 0 Å². The van der Waals surface area contributed by atoms with Crippen LogP contribution >= 0.6 is 0 Å². The molecule has 1 heteroatoms. The second-order valence-corrected chi connectivity index (χ2v) is 18.2. The minimum absolute atomic E-state index is 0.127. The van der Waals surface area contributed by atoms with Crippen molar-refractivity contribution in [1.29, 1.82) is 0 Å². The second kappa shape index (κ2) is 14.7. The summed E-state index contributed by atoms with van der Waals surface area (Å²) in [6.07, 6.45) is 14.9. The SMILES string of the molecule is CC1(C)c2ccccc2-c2ccc(N(c3ccc(C4=CCCC5=C4c4ccccc4C5(c4ccccc4)C4C=CC=CC4)cc3)c3ccc4ccccc4c3-c3ccccc3)cc21. The van der Waals surface area contributed by atoms with E-state index < -0.39 is 0 Å². The van der Waals surface area contributed by atoms with Crippen LogP contribution in [0.15, 0.2) is 224 Å². The zero-order chi connectivity index (χ0) is 42.1. The third kappa shape index (κ3) is 5.69. The summed E-state index contributed by atoms with van der Waals surface area (Å²) in [7, 11) is 0. The Morgan fingerprint density at radius 2 is 1.22 bits per heavy atom. The average molecular weight is 808 g/mol. The first-order chi connectivity index (χ1) is 31.0. The Morgan fingerprint density at radius 3 is 2.02 bits per heavy atom. The predicted octanol–water partition coefficient (Wildman–Crippen LogP) is 16.3. The second-order valence-electron chi connectivity index (χ2n) is 18.2. The Kier molecular flexibility index (Phi) is 8.76. The highest BCUT2D eigenvalue weighted by atomic mass is 15.1. The van der Waals surface area contributed by atoms with Gasteiger partial charge in [-0.1, -0.05) is 202 Å². The summed E-state index contributed by atoms with van der Waals surface area (Å²) in [6.45, 7) is 4.75. The fourth-order valence-electron chi connectivity index (χ4n) is 11.9. The van der Waals surface area contributed by atoms with Gasteiger partial charge in [0.25, 0.3) is 0 Å². The normalized spacial score (nSPS) is 19.0. The van der Waals surface area contributed by atoms with Gasteiger partial charge < -0.3 is 4.90 Å². The van der Waals surface area contributed by atoms with Crippen LogP contribution in [0.4, 0.5) is 17.1 Å². The lowest BCUT2D eigenvalue weighted by atomic mass is 9.60. The molecule has 0 bridgehead atoms. The van der Waals surface area contributed by atoms with Gasteiger partial charge in [-0.15, -0.1) is 0 Å². The summed E-state index contributed by atoms with van der Waals surface area (Å²) in [4.78, 5) is 2.51. The van der Waals surface area contributed by atoms with Gasteiger partial charge in [-0.3, -0.25) is 0 Å². The molecular weight excluding hydrogens is 759 g/mol. The third-order valence-corrected chi connectivity index (χ3v) is 14.6. The van der Waals surface area contributed by atoms with E-state index in [1.807, 2.05) is 0 Å². The lowest BCUT2D eigenvalue weighted by molar-refractivity contribution is 0.435. The molecule has 8 aromatic carbocycles. The molecule has 0 heterocycles. The molecule has 0 amide bonds. The van der Waals surface area contributed by atoms with Crippen LogP contribution in [0.3, 0.4) is 0 Å². The smallest absolute Gasteiger partial charge is 0.0546 e. The van der Waals surface area contributed by atoms with Gasteiger partial charge in [0.1, 0.15) is 0 Å². The standard InChI is InChI=1S/C62H49N/c1-61(2)54-30-16-14-27-51(54)52-39-38-48(41-57(52)61)63(58-40-35-42-19-12-13-26-49(42)59(58)44-20-6-3-7-21-44)47-36-33-43(34-37-47)50-29-18-32-56-60(50)53-28-15-17-31-55(53)62(56,45-22-8-4-9-23-45)46-24-10-5-11-25-46/h3-17,19-24,26-31,33-41,46H,18,25,32H2,1-2H3. The van der Waals surface area contributed by atoms with Crippen LogP contribution in [0, 0.1) is 5.92 Å². The first-order valence-corrected chi connectivity index (χ1v) is 22.7. The maximum absolute atomic E-state index is 2.51. The van der Waals surface area contributed by atoms with Crippen LogP contribution in [-0.4, -0.2) is 0 Å². The summed E-state index contributed by atoms with van der Waals surface area (Å²) < 4.78 is 0. The first kappa shape index (κ1) is 37.5. The van der Waals surface area contributed by atoms with E-state index in [1.54, 1.807) is 5.57 Å². The summed E-state index contributed by atoms with van der Waals surface area (Å²) in [5.74, 6) is 0.333. The molecule has 2 atom stereocenters. The lowest BCUT2D eigenvalue weighted by Gasteiger charge is -2.42. The number of benzene rings is 8. The number of hydrogen-bond donors (Lipinski definition) is 0. The Labute approximate surface area is 371 Å². The maximum atomic E-state index is 2.51. The van der Waals surface area contributed by atoms with E-state index >= 15 is 0 Å². The molecule has 0 spiro atoms. The van der Waals surface area contributed by atoms with Gasteiger partial charge in [-0.05, 0) is 133 Å². The van der Waals surface area contributed by atoms with E-state index in [4.69, 9.17) is 0 Å². The van der Waals surface area contributed by atoms with Crippen molar-refractivity contribution in [3.63, 3.8) is 0 Å². The zero-order valence-electron chi connectivity index (χ0n) is 35.9. The molecule has 63 heavy (non-hydrogen) atoms. The summed E-state index contributed by atoms with van der Waals surface area (Å²) in [5.41, 5.74) is 20.8. The minimum Gasteiger partial charge on any atom is -0.310 e. The average Bonchev–Trinajstić information content (AvgIpc) is 3.78. The fourth-order valence-corrected chi connectivity index (χ4v) is 11.9. The molecule has 0 saturated heterocycles. The molecule has 0 aliphatic heterocycles. The lowest BCUT2D eigenvalue weighted by Crippen LogP contribution is -2.37. The molecule has 4 aliphatic rings. The van der Waals surface area contributed by atoms with Crippen LogP contribution in [0.2, 0.25) is 0 Å². The van der Waals surface area contributed by atoms with Crippen LogP contribution in [0.5, 0.6) is 0 Å². The zero-order valence-corrected chi connectivity index (χ0v) is 35.9. The molecule has 4 aliphatic carbocycles. The van der Waals surface area contributed by atoms with E-state index in [1.165, 1.54) is 77.6 Å². The van der Waals surface area contributed by atoms with Crippen molar-refractivity contribution in [3.05, 3.63) is 257 Å². The molecule has 0 N–H and O–H groups in total. The predicted molar refractivity (Wildman–Crippen MR) is 266 cm³/mol. The van der Waals surface area contributed by atoms with Gasteiger partial charge in [-0.25, -0.2) is 0 Å². The molecular formula is C62H49N. The van der Waals surface area contributed by atoms with Gasteiger partial charge >= 0.3 is 0 Å². The Morgan fingerprint density at radius 1 is 0.540 bits per heavy atom. The van der Waals surface area contributed by atoms with E-state index in [9.17, 15) is 0 Å². The van der Waals surface area contributed by atoms with Crippen molar-refractivity contribution in [1.82, 2.24) is 0 Å². The molecule has 0 aromatic heterocycles. The van der Waals surface area contributed by atoms with Crippen molar-refractivity contribution < 1.29 is 0 Å². The van der Waals surface area contributed by atoms with Crippen molar-refractivity contribution in [2.45, 2.75) is 43.9 Å². The van der Waals surface area contributed by atoms with E-state index in [0.29, 0.717) is 5.92 Å². The number of allylic oxidation sites excluding steroid dienone is 8. The van der Waals surface area contributed by atoms with Gasteiger partial charge in [0.2, 0.25) is 0 Å². The number of anilines is 3. The molecule has 1 nitrogen and oxygen atoms in total. The molecule has 12 rings (SSSR count). The summed E-state index contributed by atoms with van der Waals surface area (Å²) >= 11 is 0. The molecule has 0 saturated carbocycles. The molecule has 0 radical (unpaired) electrons. The van der Waals surface area contributed by atoms with Crippen LogP contribution in [-0.2, 0) is 10.8 Å². The van der Waals surface area contributed by atoms with E-state index in [0.717, 1.165) is 36.3 Å². The van der Waals surface area contributed by atoms with Crippen molar-refractivity contribution in [3.8, 4) is 22.3 Å². The number of rotatable bonds is 7. The number of hydrogen-bond acceptors (Lipinski definition) is 1. The number of fused-ring (bicyclic) bond motifs is 6. The van der Waals surface area contributed by atoms with Gasteiger partial charge in [-0.2, -0.15) is 0 Å². The summed E-state index contributed by atoms with van der Waals surface area (Å²) in [5, 5.41) is 2.48. The molecule has 0 fully saturated rings.